The average molecular weight is 451 g/mol. The summed E-state index contributed by atoms with van der Waals surface area (Å²) < 4.78 is 5.46. The van der Waals surface area contributed by atoms with Crippen LogP contribution in [0.15, 0.2) is 35.6 Å². The maximum atomic E-state index is 11.2. The second kappa shape index (κ2) is 9.99. The Labute approximate surface area is 193 Å². The van der Waals surface area contributed by atoms with E-state index in [0.717, 1.165) is 43.9 Å². The first-order chi connectivity index (χ1) is 15.9. The molecule has 1 fully saturated rings. The number of ketones is 1. The van der Waals surface area contributed by atoms with E-state index in [0.29, 0.717) is 28.6 Å². The van der Waals surface area contributed by atoms with Crippen molar-refractivity contribution >= 4 is 34.5 Å². The molecule has 9 nitrogen and oxygen atoms in total. The van der Waals surface area contributed by atoms with E-state index >= 15 is 0 Å². The molecule has 0 amide bonds. The normalized spacial score (nSPS) is 15.1. The van der Waals surface area contributed by atoms with Gasteiger partial charge in [-0.25, -0.2) is 9.97 Å². The first-order valence-electron chi connectivity index (χ1n) is 11.2. The second-order valence-corrected chi connectivity index (χ2v) is 8.74. The van der Waals surface area contributed by atoms with E-state index < -0.39 is 0 Å². The summed E-state index contributed by atoms with van der Waals surface area (Å²) in [4.78, 5) is 32.2. The summed E-state index contributed by atoms with van der Waals surface area (Å²) >= 11 is 0. The number of anilines is 1. The van der Waals surface area contributed by atoms with Crippen molar-refractivity contribution in [3.63, 3.8) is 0 Å². The smallest absolute Gasteiger partial charge is 0.199 e. The molecule has 174 valence electrons. The van der Waals surface area contributed by atoms with Crippen LogP contribution in [0.5, 0.6) is 11.6 Å². The number of aromatic amines is 1. The number of Topliss-reactive ketones (excluding diaryl/α,β-unsaturated/α-hetero) is 1. The molecule has 0 bridgehead atoms. The zero-order chi connectivity index (χ0) is 23.4. The van der Waals surface area contributed by atoms with Crippen molar-refractivity contribution in [3.8, 4) is 11.6 Å². The predicted molar refractivity (Wildman–Crippen MR) is 129 cm³/mol. The summed E-state index contributed by atoms with van der Waals surface area (Å²) in [5.74, 6) is 1.94. The van der Waals surface area contributed by atoms with Crippen molar-refractivity contribution in [2.45, 2.75) is 20.8 Å². The maximum absolute atomic E-state index is 11.2. The van der Waals surface area contributed by atoms with E-state index in [1.165, 1.54) is 13.3 Å². The number of fused-ring (bicyclic) bond motifs is 1. The first kappa shape index (κ1) is 22.7. The van der Waals surface area contributed by atoms with Crippen LogP contribution >= 0.6 is 0 Å². The van der Waals surface area contributed by atoms with E-state index in [9.17, 15) is 9.90 Å². The van der Waals surface area contributed by atoms with Gasteiger partial charge in [0.05, 0.1) is 16.6 Å². The number of hydrogen-bond acceptors (Lipinski definition) is 8. The highest BCUT2D eigenvalue weighted by Gasteiger charge is 2.23. The van der Waals surface area contributed by atoms with Gasteiger partial charge >= 0.3 is 0 Å². The number of carbonyl (C=O) groups is 1. The van der Waals surface area contributed by atoms with Crippen molar-refractivity contribution in [1.82, 2.24) is 19.9 Å². The quantitative estimate of drug-likeness (QED) is 0.508. The lowest BCUT2D eigenvalue weighted by Crippen LogP contribution is -2.47. The fourth-order valence-corrected chi connectivity index (χ4v) is 4.02. The molecule has 0 saturated carbocycles. The zero-order valence-electron chi connectivity index (χ0n) is 19.3. The molecule has 1 aliphatic rings. The Balaban J connectivity index is 1.59. The SMILES string of the molecule is CC(=O)COc1cccc(N=Cc2c(O)[nH]c3ncnc(N4CCN(CC(C)C)CC4)c23)c1. The van der Waals surface area contributed by atoms with Gasteiger partial charge in [-0.2, -0.15) is 0 Å². The van der Waals surface area contributed by atoms with Gasteiger partial charge in [-0.05, 0) is 25.0 Å². The number of carbonyl (C=O) groups excluding carboxylic acids is 1. The van der Waals surface area contributed by atoms with Crippen LogP contribution in [0.3, 0.4) is 0 Å². The molecule has 1 saturated heterocycles. The average Bonchev–Trinajstić information content (AvgIpc) is 3.12. The molecule has 2 aromatic heterocycles. The minimum Gasteiger partial charge on any atom is -0.494 e. The molecular formula is C24H30N6O3. The highest BCUT2D eigenvalue weighted by Crippen LogP contribution is 2.32. The number of nitrogens with zero attached hydrogens (tertiary/aromatic N) is 5. The number of aliphatic imine (C=N–C) groups is 1. The Kier molecular flexibility index (Phi) is 6.88. The molecule has 4 rings (SSSR count). The molecule has 33 heavy (non-hydrogen) atoms. The molecule has 0 unspecified atom stereocenters. The Hall–Kier alpha value is -3.46. The van der Waals surface area contributed by atoms with Gasteiger partial charge in [0.2, 0.25) is 0 Å². The topological polar surface area (TPSA) is 107 Å². The monoisotopic (exact) mass is 450 g/mol. The van der Waals surface area contributed by atoms with Crippen LogP contribution in [0.2, 0.25) is 0 Å². The fourth-order valence-electron chi connectivity index (χ4n) is 4.02. The summed E-state index contributed by atoms with van der Waals surface area (Å²) in [5, 5.41) is 11.3. The van der Waals surface area contributed by atoms with Crippen molar-refractivity contribution < 1.29 is 14.6 Å². The molecule has 0 radical (unpaired) electrons. The van der Waals surface area contributed by atoms with Crippen LogP contribution in [0.25, 0.3) is 11.0 Å². The summed E-state index contributed by atoms with van der Waals surface area (Å²) in [6.07, 6.45) is 3.13. The van der Waals surface area contributed by atoms with E-state index in [-0.39, 0.29) is 18.3 Å². The Morgan fingerprint density at radius 3 is 2.79 bits per heavy atom. The molecule has 1 aliphatic heterocycles. The Bertz CT molecular complexity index is 1150. The summed E-state index contributed by atoms with van der Waals surface area (Å²) in [5.41, 5.74) is 1.76. The maximum Gasteiger partial charge on any atom is 0.199 e. The fraction of sp³-hybridized carbons (Fsp3) is 0.417. The highest BCUT2D eigenvalue weighted by atomic mass is 16.5. The second-order valence-electron chi connectivity index (χ2n) is 8.74. The number of ether oxygens (including phenoxy) is 1. The van der Waals surface area contributed by atoms with Gasteiger partial charge in [0.15, 0.2) is 11.7 Å². The highest BCUT2D eigenvalue weighted by molar-refractivity contribution is 6.06. The lowest BCUT2D eigenvalue weighted by molar-refractivity contribution is -0.118. The van der Waals surface area contributed by atoms with Gasteiger partial charge in [0, 0.05) is 45.0 Å². The van der Waals surface area contributed by atoms with Crippen molar-refractivity contribution in [2.24, 2.45) is 10.9 Å². The zero-order valence-corrected chi connectivity index (χ0v) is 19.3. The van der Waals surface area contributed by atoms with Crippen molar-refractivity contribution in [3.05, 3.63) is 36.2 Å². The third-order valence-corrected chi connectivity index (χ3v) is 5.49. The molecule has 1 aromatic carbocycles. The van der Waals surface area contributed by atoms with Gasteiger partial charge in [-0.3, -0.25) is 14.7 Å². The van der Waals surface area contributed by atoms with Crippen LogP contribution in [0.4, 0.5) is 11.5 Å². The lowest BCUT2D eigenvalue weighted by atomic mass is 10.1. The van der Waals surface area contributed by atoms with Crippen LogP contribution in [0.1, 0.15) is 26.3 Å². The summed E-state index contributed by atoms with van der Waals surface area (Å²) in [6.45, 7) is 10.7. The molecular weight excluding hydrogens is 420 g/mol. The lowest BCUT2D eigenvalue weighted by Gasteiger charge is -2.36. The predicted octanol–water partition coefficient (Wildman–Crippen LogP) is 3.16. The molecule has 0 aliphatic carbocycles. The minimum absolute atomic E-state index is 0.00192. The van der Waals surface area contributed by atoms with Gasteiger partial charge < -0.3 is 19.7 Å². The minimum atomic E-state index is -0.0508. The van der Waals surface area contributed by atoms with E-state index in [1.54, 1.807) is 18.3 Å². The van der Waals surface area contributed by atoms with Crippen LogP contribution in [-0.4, -0.2) is 76.3 Å². The number of H-pyrrole nitrogens is 1. The van der Waals surface area contributed by atoms with Gasteiger partial charge in [-0.1, -0.05) is 19.9 Å². The number of benzene rings is 1. The van der Waals surface area contributed by atoms with Crippen LogP contribution in [-0.2, 0) is 4.79 Å². The van der Waals surface area contributed by atoms with Gasteiger partial charge in [-0.15, -0.1) is 0 Å². The molecule has 0 spiro atoms. The number of aromatic nitrogens is 3. The van der Waals surface area contributed by atoms with E-state index in [4.69, 9.17) is 4.74 Å². The molecule has 3 heterocycles. The Morgan fingerprint density at radius 2 is 2.06 bits per heavy atom. The number of rotatable bonds is 8. The molecule has 9 heteroatoms. The van der Waals surface area contributed by atoms with E-state index in [1.807, 2.05) is 12.1 Å². The first-order valence-corrected chi connectivity index (χ1v) is 11.2. The third-order valence-electron chi connectivity index (χ3n) is 5.49. The van der Waals surface area contributed by atoms with Gasteiger partial charge in [0.1, 0.15) is 30.1 Å². The summed E-state index contributed by atoms with van der Waals surface area (Å²) in [6, 6.07) is 7.16. The number of piperazine rings is 1. The van der Waals surface area contributed by atoms with Crippen molar-refractivity contribution in [2.75, 3.05) is 44.2 Å². The third kappa shape index (κ3) is 5.48. The van der Waals surface area contributed by atoms with Crippen LogP contribution < -0.4 is 9.64 Å². The standard InChI is InChI=1S/C24H30N6O3/c1-16(2)13-29-7-9-30(10-8-29)23-21-20(24(32)28-22(21)26-15-27-23)12-25-18-5-4-6-19(11-18)33-14-17(3)31/h4-6,11-12,15-16,32H,7-10,13-14H2,1-3H3,(H,26,27,28). The molecule has 3 aromatic rings. The Morgan fingerprint density at radius 1 is 1.27 bits per heavy atom. The van der Waals surface area contributed by atoms with Crippen molar-refractivity contribution in [1.29, 1.82) is 0 Å². The number of hydrogen-bond donors (Lipinski definition) is 2. The number of nitrogens with one attached hydrogen (secondary N) is 1. The van der Waals surface area contributed by atoms with Gasteiger partial charge in [0.25, 0.3) is 0 Å². The number of aromatic hydroxyl groups is 1. The summed E-state index contributed by atoms with van der Waals surface area (Å²) in [7, 11) is 0. The van der Waals surface area contributed by atoms with Crippen LogP contribution in [0, 0.1) is 5.92 Å². The van der Waals surface area contributed by atoms with E-state index in [2.05, 4.69) is 43.6 Å². The molecule has 0 atom stereocenters. The largest absolute Gasteiger partial charge is 0.494 e. The molecule has 2 N–H and O–H groups in total.